The fourth-order valence-corrected chi connectivity index (χ4v) is 2.70. The minimum absolute atomic E-state index is 0.400. The van der Waals surface area contributed by atoms with Gasteiger partial charge < -0.3 is 39.8 Å². The molecule has 4 unspecified atom stereocenters. The van der Waals surface area contributed by atoms with Crippen LogP contribution >= 0.6 is 0 Å². The van der Waals surface area contributed by atoms with Gasteiger partial charge in [-0.15, -0.1) is 0 Å². The number of rotatable bonds is 9. The topological polar surface area (TPSA) is 190 Å². The van der Waals surface area contributed by atoms with Gasteiger partial charge >= 0.3 is 23.9 Å². The van der Waals surface area contributed by atoms with Gasteiger partial charge in [0.15, 0.2) is 18.5 Å². The van der Waals surface area contributed by atoms with Crippen molar-refractivity contribution >= 4 is 29.8 Å². The summed E-state index contributed by atoms with van der Waals surface area (Å²) in [6.45, 7) is 3.62. The Balaban J connectivity index is 3.27. The van der Waals surface area contributed by atoms with Crippen LogP contribution in [-0.2, 0) is 47.7 Å². The fraction of sp³-hybridized carbons (Fsp3) is 0.706. The summed E-state index contributed by atoms with van der Waals surface area (Å²) in [7, 11) is 0. The molecule has 1 saturated heterocycles. The molecule has 0 spiro atoms. The monoisotopic (exact) mass is 434 g/mol. The summed E-state index contributed by atoms with van der Waals surface area (Å²) in [5.74, 6) is -4.06. The molecule has 1 rings (SSSR count). The second-order valence-electron chi connectivity index (χ2n) is 6.50. The van der Waals surface area contributed by atoms with Crippen molar-refractivity contribution in [3.05, 3.63) is 0 Å². The highest BCUT2D eigenvalue weighted by Crippen LogP contribution is 2.28. The van der Waals surface area contributed by atoms with Gasteiger partial charge in [0.05, 0.1) is 6.61 Å². The zero-order valence-corrected chi connectivity index (χ0v) is 17.0. The molecule has 0 bridgehead atoms. The first-order valence-corrected chi connectivity index (χ1v) is 8.92. The predicted octanol–water partition coefficient (Wildman–Crippen LogP) is -1.93. The summed E-state index contributed by atoms with van der Waals surface area (Å²) < 4.78 is 26.5. The summed E-state index contributed by atoms with van der Waals surface area (Å²) in [5.41, 5.74) is 5.43. The van der Waals surface area contributed by atoms with E-state index < -0.39 is 79.7 Å². The smallest absolute Gasteiger partial charge is 0.322 e. The molecule has 1 amide bonds. The lowest BCUT2D eigenvalue weighted by Crippen LogP contribution is -2.66. The molecule has 0 aliphatic carbocycles. The van der Waals surface area contributed by atoms with Gasteiger partial charge in [0.2, 0.25) is 5.91 Å². The lowest BCUT2D eigenvalue weighted by Gasteiger charge is -2.45. The molecule has 30 heavy (non-hydrogen) atoms. The van der Waals surface area contributed by atoms with Crippen LogP contribution in [0, 0.1) is 0 Å². The highest BCUT2D eigenvalue weighted by atomic mass is 16.7. The van der Waals surface area contributed by atoms with E-state index in [9.17, 15) is 24.0 Å². The van der Waals surface area contributed by atoms with Crippen LogP contribution in [0.5, 0.6) is 0 Å². The average Bonchev–Trinajstić information content (AvgIpc) is 2.60. The summed E-state index contributed by atoms with van der Waals surface area (Å²) in [4.78, 5) is 57.1. The number of carbonyl (C=O) groups is 5. The summed E-state index contributed by atoms with van der Waals surface area (Å²) in [6, 6.07) is -2.60. The maximum atomic E-state index is 11.7. The quantitative estimate of drug-likeness (QED) is 0.269. The molecule has 0 aromatic heterocycles. The minimum atomic E-state index is -1.41. The van der Waals surface area contributed by atoms with Crippen LogP contribution < -0.4 is 11.1 Å². The van der Waals surface area contributed by atoms with Crippen LogP contribution in [0.25, 0.3) is 0 Å². The van der Waals surface area contributed by atoms with Crippen LogP contribution in [0.3, 0.4) is 0 Å². The largest absolute Gasteiger partial charge is 0.480 e. The Morgan fingerprint density at radius 1 is 1.00 bits per heavy atom. The first-order chi connectivity index (χ1) is 13.9. The second-order valence-corrected chi connectivity index (χ2v) is 6.50. The molecular formula is C17H26N2O11. The van der Waals surface area contributed by atoms with Gasteiger partial charge in [0.25, 0.3) is 0 Å². The van der Waals surface area contributed by atoms with Gasteiger partial charge in [-0.2, -0.15) is 0 Å². The van der Waals surface area contributed by atoms with Gasteiger partial charge in [-0.05, 0) is 0 Å². The van der Waals surface area contributed by atoms with Crippen LogP contribution in [-0.4, -0.2) is 84.8 Å². The van der Waals surface area contributed by atoms with Crippen LogP contribution in [0.15, 0.2) is 0 Å². The fourth-order valence-electron chi connectivity index (χ4n) is 2.70. The van der Waals surface area contributed by atoms with E-state index in [0.717, 1.165) is 20.8 Å². The van der Waals surface area contributed by atoms with Crippen molar-refractivity contribution in [1.29, 1.82) is 0 Å². The van der Waals surface area contributed by atoms with Gasteiger partial charge in [0.1, 0.15) is 24.8 Å². The highest BCUT2D eigenvalue weighted by molar-refractivity contribution is 5.74. The Kier molecular flexibility index (Phi) is 9.62. The number of nitrogens with two attached hydrogens (primary N) is 1. The van der Waals surface area contributed by atoms with E-state index in [1.54, 1.807) is 0 Å². The molecule has 6 atom stereocenters. The van der Waals surface area contributed by atoms with Crippen molar-refractivity contribution in [3.63, 3.8) is 0 Å². The van der Waals surface area contributed by atoms with E-state index in [4.69, 9.17) is 34.5 Å². The summed E-state index contributed by atoms with van der Waals surface area (Å²) >= 11 is 0. The molecule has 1 aliphatic heterocycles. The number of nitrogens with one attached hydrogen (secondary N) is 1. The van der Waals surface area contributed by atoms with E-state index in [0.29, 0.717) is 0 Å². The number of carboxylic acids is 1. The van der Waals surface area contributed by atoms with Crippen molar-refractivity contribution in [2.75, 3.05) is 13.2 Å². The Bertz CT molecular complexity index is 668. The predicted molar refractivity (Wildman–Crippen MR) is 95.6 cm³/mol. The normalized spacial score (nSPS) is 26.8. The number of amides is 1. The first-order valence-electron chi connectivity index (χ1n) is 8.92. The molecule has 1 heterocycles. The van der Waals surface area contributed by atoms with E-state index in [1.807, 2.05) is 0 Å². The maximum Gasteiger partial charge on any atom is 0.322 e. The molecule has 0 aromatic carbocycles. The van der Waals surface area contributed by atoms with Crippen molar-refractivity contribution in [3.8, 4) is 0 Å². The third-order valence-corrected chi connectivity index (χ3v) is 3.83. The van der Waals surface area contributed by atoms with Crippen molar-refractivity contribution in [2.24, 2.45) is 5.73 Å². The molecule has 170 valence electrons. The van der Waals surface area contributed by atoms with Crippen molar-refractivity contribution in [2.45, 2.75) is 64.4 Å². The third-order valence-electron chi connectivity index (χ3n) is 3.83. The highest BCUT2D eigenvalue weighted by Gasteiger charge is 2.51. The van der Waals surface area contributed by atoms with E-state index in [-0.39, 0.29) is 0 Å². The molecule has 0 aromatic rings. The number of hydrogen-bond donors (Lipinski definition) is 3. The molecule has 13 heteroatoms. The van der Waals surface area contributed by atoms with E-state index in [2.05, 4.69) is 5.32 Å². The Morgan fingerprint density at radius 3 is 2.03 bits per heavy atom. The maximum absolute atomic E-state index is 11.7. The van der Waals surface area contributed by atoms with Crippen LogP contribution in [0.1, 0.15) is 27.7 Å². The number of esters is 3. The van der Waals surface area contributed by atoms with Crippen LogP contribution in [0.2, 0.25) is 0 Å². The van der Waals surface area contributed by atoms with Gasteiger partial charge in [-0.1, -0.05) is 0 Å². The van der Waals surface area contributed by atoms with Crippen molar-refractivity contribution < 1.29 is 52.8 Å². The van der Waals surface area contributed by atoms with E-state index >= 15 is 0 Å². The molecule has 0 saturated carbocycles. The third kappa shape index (κ3) is 7.93. The second kappa shape index (κ2) is 11.4. The van der Waals surface area contributed by atoms with Gasteiger partial charge in [-0.25, -0.2) is 0 Å². The number of ether oxygens (including phenoxy) is 5. The lowest BCUT2D eigenvalue weighted by molar-refractivity contribution is -0.278. The minimum Gasteiger partial charge on any atom is -0.480 e. The zero-order chi connectivity index (χ0) is 23.0. The molecule has 4 N–H and O–H groups in total. The Hall–Kier alpha value is -2.77. The summed E-state index contributed by atoms with van der Waals surface area (Å²) in [6.07, 6.45) is -5.08. The van der Waals surface area contributed by atoms with Gasteiger partial charge in [-0.3, -0.25) is 24.0 Å². The number of carboxylic acid groups (broad SMARTS) is 1. The van der Waals surface area contributed by atoms with Crippen LogP contribution in [0.4, 0.5) is 0 Å². The molecule has 1 aliphatic rings. The SMILES string of the molecule is CC(=O)NC1C(OC(C)=O)[C@H](OC(C)=O)C(COC(C)=O)O[C@H]1OCC(N)C(=O)O. The van der Waals surface area contributed by atoms with Crippen molar-refractivity contribution in [1.82, 2.24) is 5.32 Å². The lowest BCUT2D eigenvalue weighted by atomic mass is 9.96. The Labute approximate surface area is 172 Å². The molecular weight excluding hydrogens is 408 g/mol. The van der Waals surface area contributed by atoms with Gasteiger partial charge in [0, 0.05) is 27.7 Å². The standard InChI is InChI=1S/C17H26N2O11/c1-7(20)19-13-15(29-10(4)23)14(28-9(3)22)12(6-26-8(2)21)30-17(13)27-5-11(18)16(24)25/h11-15,17H,5-6,18H2,1-4H3,(H,19,20)(H,24,25)/t11?,12?,13?,14-,15?,17-/m1/s1. The molecule has 13 nitrogen and oxygen atoms in total. The zero-order valence-electron chi connectivity index (χ0n) is 17.0. The molecule has 0 radical (unpaired) electrons. The Morgan fingerprint density at radius 2 is 1.57 bits per heavy atom. The number of hydrogen-bond acceptors (Lipinski definition) is 11. The number of carbonyl (C=O) groups excluding carboxylic acids is 4. The molecule has 1 fully saturated rings. The average molecular weight is 434 g/mol. The first kappa shape index (κ1) is 25.3. The summed E-state index contributed by atoms with van der Waals surface area (Å²) in [5, 5.41) is 11.4. The van der Waals surface area contributed by atoms with E-state index in [1.165, 1.54) is 6.92 Å². The number of aliphatic carboxylic acids is 1.